The summed E-state index contributed by atoms with van der Waals surface area (Å²) in [7, 11) is 0. The lowest BCUT2D eigenvalue weighted by Crippen LogP contribution is -2.18. The number of ether oxygens (including phenoxy) is 5. The summed E-state index contributed by atoms with van der Waals surface area (Å²) in [6, 6.07) is 30.2. The molecular weight excluding hydrogens is 735 g/mol. The van der Waals surface area contributed by atoms with Crippen LogP contribution in [0.1, 0.15) is 94.7 Å². The molecule has 10 heteroatoms. The van der Waals surface area contributed by atoms with Gasteiger partial charge in [-0.3, -0.25) is 0 Å². The van der Waals surface area contributed by atoms with Crippen molar-refractivity contribution in [3.63, 3.8) is 0 Å². The molecule has 0 saturated heterocycles. The van der Waals surface area contributed by atoms with Crippen LogP contribution < -0.4 is 24.0 Å². The Morgan fingerprint density at radius 1 is 0.702 bits per heavy atom. The van der Waals surface area contributed by atoms with Gasteiger partial charge >= 0.3 is 5.97 Å². The van der Waals surface area contributed by atoms with Crippen LogP contribution in [0, 0.1) is 0 Å². The maximum Gasteiger partial charge on any atom is 0.330 e. The molecule has 0 aliphatic carbocycles. The summed E-state index contributed by atoms with van der Waals surface area (Å²) in [6.07, 6.45) is 13.5. The smallest absolute Gasteiger partial charge is 0.330 e. The molecule has 0 amide bonds. The lowest BCUT2D eigenvalue weighted by Gasteiger charge is -2.17. The quantitative estimate of drug-likeness (QED) is 0.0171. The molecule has 0 saturated carbocycles. The molecule has 5 rings (SSSR count). The molecule has 9 nitrogen and oxygen atoms in total. The molecule has 0 bridgehead atoms. The maximum absolute atomic E-state index is 11.1. The molecule has 302 valence electrons. The molecule has 0 atom stereocenters. The number of unbranched alkanes of at least 4 members (excludes halogenated alkanes) is 7. The number of anilines is 1. The third-order valence-corrected chi connectivity index (χ3v) is 10.2. The highest BCUT2D eigenvalue weighted by Gasteiger charge is 2.13. The van der Waals surface area contributed by atoms with Crippen LogP contribution in [0.3, 0.4) is 0 Å². The van der Waals surface area contributed by atoms with Crippen molar-refractivity contribution in [3.05, 3.63) is 120 Å². The number of thiazole rings is 1. The zero-order chi connectivity index (χ0) is 39.9. The Morgan fingerprint density at radius 2 is 1.33 bits per heavy atom. The average Bonchev–Trinajstić information content (AvgIpc) is 3.68. The van der Waals surface area contributed by atoms with E-state index in [1.54, 1.807) is 11.3 Å². The first-order valence-electron chi connectivity index (χ1n) is 20.3. The van der Waals surface area contributed by atoms with Crippen molar-refractivity contribution in [2.24, 2.45) is 5.10 Å². The van der Waals surface area contributed by atoms with Gasteiger partial charge in [0.2, 0.25) is 5.13 Å². The molecule has 1 heterocycles. The molecule has 0 spiro atoms. The van der Waals surface area contributed by atoms with Gasteiger partial charge in [0.05, 0.1) is 36.3 Å². The Balaban J connectivity index is 1.24. The molecule has 0 aliphatic rings. The van der Waals surface area contributed by atoms with E-state index in [9.17, 15) is 4.79 Å². The van der Waals surface area contributed by atoms with Gasteiger partial charge < -0.3 is 23.7 Å². The summed E-state index contributed by atoms with van der Waals surface area (Å²) in [5, 5.41) is 7.90. The first kappa shape index (κ1) is 42.8. The molecule has 0 fully saturated rings. The number of hydrogen-bond acceptors (Lipinski definition) is 10. The number of nitrogens with zero attached hydrogens (tertiary/aromatic N) is 3. The summed E-state index contributed by atoms with van der Waals surface area (Å²) in [5.74, 6) is 2.74. The minimum absolute atomic E-state index is 0.372. The summed E-state index contributed by atoms with van der Waals surface area (Å²) in [6.45, 7) is 11.1. The second-order valence-corrected chi connectivity index (χ2v) is 14.8. The van der Waals surface area contributed by atoms with Gasteiger partial charge in [0, 0.05) is 18.2 Å². The van der Waals surface area contributed by atoms with Gasteiger partial charge in [-0.25, -0.2) is 14.8 Å². The maximum atomic E-state index is 11.1. The first-order chi connectivity index (χ1) is 28.0. The minimum atomic E-state index is -0.372. The van der Waals surface area contributed by atoms with Crippen LogP contribution in [-0.4, -0.2) is 43.5 Å². The normalized spacial score (nSPS) is 11.1. The van der Waals surface area contributed by atoms with Crippen molar-refractivity contribution in [2.45, 2.75) is 91.3 Å². The second kappa shape index (κ2) is 24.3. The first-order valence-corrected chi connectivity index (χ1v) is 21.2. The van der Waals surface area contributed by atoms with E-state index < -0.39 is 0 Å². The number of esters is 1. The monoisotopic (exact) mass is 791 g/mol. The summed E-state index contributed by atoms with van der Waals surface area (Å²) in [5.41, 5.74) is 3.86. The SMILES string of the molecule is C=CC(=O)OCCCCCCOc1ccc(COc2ccc(OCc3ccc(OCCCC)cc3)cc2/C=N/N(CCCCCC)c2nc3ccccc3s2)cc1. The fraction of sp³-hybridized carbons (Fsp3) is 0.383. The van der Waals surface area contributed by atoms with Crippen LogP contribution >= 0.6 is 11.3 Å². The Labute approximate surface area is 342 Å². The van der Waals surface area contributed by atoms with E-state index >= 15 is 0 Å². The van der Waals surface area contributed by atoms with E-state index in [4.69, 9.17) is 33.8 Å². The van der Waals surface area contributed by atoms with Crippen molar-refractivity contribution in [2.75, 3.05) is 31.4 Å². The van der Waals surface area contributed by atoms with Crippen LogP contribution in [0.4, 0.5) is 5.13 Å². The molecular formula is C47H57N3O6S. The Morgan fingerprint density at radius 3 is 2.02 bits per heavy atom. The van der Waals surface area contributed by atoms with Crippen molar-refractivity contribution in [3.8, 4) is 23.0 Å². The topological polar surface area (TPSA) is 91.7 Å². The van der Waals surface area contributed by atoms with Crippen LogP contribution in [-0.2, 0) is 22.7 Å². The number of aromatic nitrogens is 1. The van der Waals surface area contributed by atoms with Gasteiger partial charge in [0.1, 0.15) is 36.2 Å². The molecule has 0 aliphatic heterocycles. The molecule has 1 aromatic heterocycles. The number of fused-ring (bicyclic) bond motifs is 1. The number of rotatable bonds is 27. The van der Waals surface area contributed by atoms with E-state index in [-0.39, 0.29) is 5.97 Å². The number of carbonyl (C=O) groups is 1. The van der Waals surface area contributed by atoms with Crippen LogP contribution in [0.25, 0.3) is 10.2 Å². The van der Waals surface area contributed by atoms with E-state index in [0.29, 0.717) is 32.2 Å². The van der Waals surface area contributed by atoms with Crippen LogP contribution in [0.5, 0.6) is 23.0 Å². The average molecular weight is 792 g/mol. The lowest BCUT2D eigenvalue weighted by atomic mass is 10.2. The fourth-order valence-corrected chi connectivity index (χ4v) is 6.80. The third-order valence-electron chi connectivity index (χ3n) is 9.18. The number of hydrazone groups is 1. The zero-order valence-electron chi connectivity index (χ0n) is 33.5. The van der Waals surface area contributed by atoms with E-state index in [1.165, 1.54) is 18.9 Å². The standard InChI is InChI=1S/C47H57N3O6S/c1-4-7-9-14-29-50(47-49-43-17-12-13-18-45(43)57-47)48-34-39-33-42(55-35-37-19-23-40(24-20-37)52-30-8-5-2)27-28-44(39)56-36-38-21-25-41(26-22-38)53-31-15-10-11-16-32-54-46(51)6-3/h6,12-13,17-28,33-34H,3-5,7-11,14-16,29-32,35-36H2,1-2H3/b48-34+. The van der Waals surface area contributed by atoms with Crippen molar-refractivity contribution in [1.29, 1.82) is 0 Å². The Hall–Kier alpha value is -5.35. The number of hydrogen-bond donors (Lipinski definition) is 0. The highest BCUT2D eigenvalue weighted by atomic mass is 32.1. The minimum Gasteiger partial charge on any atom is -0.494 e. The molecule has 0 N–H and O–H groups in total. The Bertz CT molecular complexity index is 1930. The largest absolute Gasteiger partial charge is 0.494 e. The number of carbonyl (C=O) groups excluding carboxylic acids is 1. The Kier molecular flexibility index (Phi) is 18.3. The van der Waals surface area contributed by atoms with E-state index in [2.05, 4.69) is 26.5 Å². The molecule has 5 aromatic rings. The third kappa shape index (κ3) is 14.9. The lowest BCUT2D eigenvalue weighted by molar-refractivity contribution is -0.137. The van der Waals surface area contributed by atoms with Crippen LogP contribution in [0.2, 0.25) is 0 Å². The number of benzene rings is 4. The van der Waals surface area contributed by atoms with Gasteiger partial charge in [0.25, 0.3) is 0 Å². The number of para-hydroxylation sites is 1. The molecule has 4 aromatic carbocycles. The summed E-state index contributed by atoms with van der Waals surface area (Å²) >= 11 is 1.65. The highest BCUT2D eigenvalue weighted by molar-refractivity contribution is 7.22. The van der Waals surface area contributed by atoms with Crippen molar-refractivity contribution < 1.29 is 28.5 Å². The van der Waals surface area contributed by atoms with Gasteiger partial charge in [0.15, 0.2) is 0 Å². The molecule has 0 unspecified atom stereocenters. The predicted octanol–water partition coefficient (Wildman–Crippen LogP) is 11.7. The van der Waals surface area contributed by atoms with Gasteiger partial charge in [-0.05, 0) is 104 Å². The van der Waals surface area contributed by atoms with Crippen LogP contribution in [0.15, 0.2) is 109 Å². The fourth-order valence-electron chi connectivity index (χ4n) is 5.85. The molecule has 57 heavy (non-hydrogen) atoms. The van der Waals surface area contributed by atoms with Gasteiger partial charge in [-0.15, -0.1) is 0 Å². The van der Waals surface area contributed by atoms with Gasteiger partial charge in [-0.2, -0.15) is 5.10 Å². The predicted molar refractivity (Wildman–Crippen MR) is 232 cm³/mol. The second-order valence-electron chi connectivity index (χ2n) is 13.8. The van der Waals surface area contributed by atoms with Crippen molar-refractivity contribution >= 4 is 38.9 Å². The van der Waals surface area contributed by atoms with Gasteiger partial charge in [-0.1, -0.05) is 93.8 Å². The van der Waals surface area contributed by atoms with Crippen molar-refractivity contribution in [1.82, 2.24) is 4.98 Å². The molecule has 0 radical (unpaired) electrons. The van der Waals surface area contributed by atoms with E-state index in [0.717, 1.165) is 114 Å². The summed E-state index contributed by atoms with van der Waals surface area (Å²) in [4.78, 5) is 16.1. The highest BCUT2D eigenvalue weighted by Crippen LogP contribution is 2.30. The van der Waals surface area contributed by atoms with E-state index in [1.807, 2.05) is 96.2 Å². The summed E-state index contributed by atoms with van der Waals surface area (Å²) < 4.78 is 30.7. The zero-order valence-corrected chi connectivity index (χ0v) is 34.4.